The van der Waals surface area contributed by atoms with Crippen molar-refractivity contribution in [3.8, 4) is 0 Å². The van der Waals surface area contributed by atoms with Gasteiger partial charge in [-0.2, -0.15) is 0 Å². The molecular formula is C20H16FNS. The van der Waals surface area contributed by atoms with Crippen molar-refractivity contribution in [2.45, 2.75) is 6.92 Å². The van der Waals surface area contributed by atoms with Crippen molar-refractivity contribution in [1.82, 2.24) is 0 Å². The van der Waals surface area contributed by atoms with Crippen molar-refractivity contribution in [3.05, 3.63) is 72.0 Å². The molecule has 0 aliphatic heterocycles. The molecule has 23 heavy (non-hydrogen) atoms. The van der Waals surface area contributed by atoms with Gasteiger partial charge in [-0.25, -0.2) is 4.39 Å². The summed E-state index contributed by atoms with van der Waals surface area (Å²) in [5, 5.41) is 2.10. The van der Waals surface area contributed by atoms with E-state index in [1.54, 1.807) is 6.07 Å². The molecule has 0 unspecified atom stereocenters. The third-order valence-electron chi connectivity index (χ3n) is 4.29. The number of hydrogen-bond donors (Lipinski definition) is 0. The van der Waals surface area contributed by atoms with Gasteiger partial charge in [0.05, 0.1) is 15.1 Å². The maximum atomic E-state index is 14.1. The Labute approximate surface area is 138 Å². The first-order valence-electron chi connectivity index (χ1n) is 7.56. The number of halogens is 1. The number of fused-ring (bicyclic) bond motifs is 3. The van der Waals surface area contributed by atoms with Crippen molar-refractivity contribution >= 4 is 42.9 Å². The molecule has 1 heterocycles. The fraction of sp³-hybridized carbons (Fsp3) is 0.100. The Morgan fingerprint density at radius 1 is 0.783 bits per heavy atom. The smallest absolute Gasteiger partial charge is 0.141 e. The summed E-state index contributed by atoms with van der Waals surface area (Å²) in [6, 6.07) is 19.8. The molecule has 0 aliphatic carbocycles. The van der Waals surface area contributed by atoms with Crippen molar-refractivity contribution in [3.63, 3.8) is 0 Å². The highest BCUT2D eigenvalue weighted by molar-refractivity contribution is 7.26. The Hall–Kier alpha value is -2.39. The van der Waals surface area contributed by atoms with Crippen LogP contribution in [-0.2, 0) is 0 Å². The van der Waals surface area contributed by atoms with E-state index in [4.69, 9.17) is 0 Å². The van der Waals surface area contributed by atoms with Crippen LogP contribution in [0, 0.1) is 12.7 Å². The van der Waals surface area contributed by atoms with E-state index in [0.29, 0.717) is 0 Å². The fourth-order valence-corrected chi connectivity index (χ4v) is 4.36. The maximum Gasteiger partial charge on any atom is 0.141 e. The summed E-state index contributed by atoms with van der Waals surface area (Å²) in [6.07, 6.45) is 0. The summed E-state index contributed by atoms with van der Waals surface area (Å²) in [7, 11) is 2.07. The summed E-state index contributed by atoms with van der Waals surface area (Å²) in [6.45, 7) is 2.11. The number of thiophene rings is 1. The minimum absolute atomic E-state index is 0.145. The zero-order valence-corrected chi connectivity index (χ0v) is 13.8. The van der Waals surface area contributed by atoms with Crippen LogP contribution in [-0.4, -0.2) is 7.05 Å². The molecular weight excluding hydrogens is 305 g/mol. The Kier molecular flexibility index (Phi) is 3.31. The summed E-state index contributed by atoms with van der Waals surface area (Å²) in [4.78, 5) is 2.19. The molecule has 0 saturated heterocycles. The minimum atomic E-state index is -0.145. The lowest BCUT2D eigenvalue weighted by Crippen LogP contribution is -2.10. The summed E-state index contributed by atoms with van der Waals surface area (Å²) in [5.41, 5.74) is 3.50. The lowest BCUT2D eigenvalue weighted by Gasteiger charge is -2.22. The standard InChI is InChI=1S/C20H16FNS/c1-13-7-3-4-11-17(13)22(2)18-12-6-9-15-14-8-5-10-16(21)19(14)23-20(15)18/h3-12H,1-2H3. The van der Waals surface area contributed by atoms with E-state index in [1.807, 2.05) is 24.3 Å². The van der Waals surface area contributed by atoms with E-state index >= 15 is 0 Å². The van der Waals surface area contributed by atoms with E-state index in [1.165, 1.54) is 23.0 Å². The molecule has 0 spiro atoms. The fourth-order valence-electron chi connectivity index (χ4n) is 3.10. The number of hydrogen-bond acceptors (Lipinski definition) is 2. The predicted molar refractivity (Wildman–Crippen MR) is 98.5 cm³/mol. The molecule has 0 fully saturated rings. The minimum Gasteiger partial charge on any atom is -0.343 e. The Balaban J connectivity index is 1.99. The molecule has 0 radical (unpaired) electrons. The number of nitrogens with zero attached hydrogens (tertiary/aromatic N) is 1. The van der Waals surface area contributed by atoms with Crippen LogP contribution in [0.25, 0.3) is 20.2 Å². The molecule has 0 saturated carbocycles. The topological polar surface area (TPSA) is 3.24 Å². The third-order valence-corrected chi connectivity index (χ3v) is 5.55. The first-order valence-corrected chi connectivity index (χ1v) is 8.37. The predicted octanol–water partition coefficient (Wildman–Crippen LogP) is 6.27. The molecule has 4 rings (SSSR count). The van der Waals surface area contributed by atoms with Crippen molar-refractivity contribution < 1.29 is 4.39 Å². The Bertz CT molecular complexity index is 1020. The van der Waals surface area contributed by atoms with E-state index in [-0.39, 0.29) is 5.82 Å². The number of aryl methyl sites for hydroxylation is 1. The summed E-state index contributed by atoms with van der Waals surface area (Å²) >= 11 is 1.53. The number of para-hydroxylation sites is 1. The molecule has 0 aliphatic rings. The molecule has 0 atom stereocenters. The van der Waals surface area contributed by atoms with Gasteiger partial charge in [-0.3, -0.25) is 0 Å². The van der Waals surface area contributed by atoms with E-state index in [9.17, 15) is 4.39 Å². The lowest BCUT2D eigenvalue weighted by molar-refractivity contribution is 0.642. The van der Waals surface area contributed by atoms with Crippen LogP contribution in [0.5, 0.6) is 0 Å². The molecule has 0 N–H and O–H groups in total. The van der Waals surface area contributed by atoms with Gasteiger partial charge in [0.25, 0.3) is 0 Å². The highest BCUT2D eigenvalue weighted by Gasteiger charge is 2.15. The summed E-state index contributed by atoms with van der Waals surface area (Å²) < 4.78 is 16.0. The molecule has 4 aromatic rings. The SMILES string of the molecule is Cc1ccccc1N(C)c1cccc2c1sc1c(F)cccc12. The average Bonchev–Trinajstić information content (AvgIpc) is 2.95. The second-order valence-corrected chi connectivity index (χ2v) is 6.74. The highest BCUT2D eigenvalue weighted by Crippen LogP contribution is 2.42. The zero-order valence-electron chi connectivity index (χ0n) is 13.0. The monoisotopic (exact) mass is 321 g/mol. The second-order valence-electron chi connectivity index (χ2n) is 5.72. The quantitative estimate of drug-likeness (QED) is 0.420. The van der Waals surface area contributed by atoms with Gasteiger partial charge in [0.15, 0.2) is 0 Å². The van der Waals surface area contributed by atoms with Gasteiger partial charge >= 0.3 is 0 Å². The van der Waals surface area contributed by atoms with Gasteiger partial charge in [0.2, 0.25) is 0 Å². The van der Waals surface area contributed by atoms with Crippen LogP contribution in [0.3, 0.4) is 0 Å². The van der Waals surface area contributed by atoms with Gasteiger partial charge in [-0.15, -0.1) is 11.3 Å². The summed E-state index contributed by atoms with van der Waals surface area (Å²) in [5.74, 6) is -0.145. The molecule has 114 valence electrons. The molecule has 3 heteroatoms. The van der Waals surface area contributed by atoms with Gasteiger partial charge in [0.1, 0.15) is 5.82 Å². The normalized spacial score (nSPS) is 11.3. The van der Waals surface area contributed by atoms with Crippen molar-refractivity contribution in [2.75, 3.05) is 11.9 Å². The molecule has 0 amide bonds. The average molecular weight is 321 g/mol. The van der Waals surface area contributed by atoms with Crippen LogP contribution < -0.4 is 4.90 Å². The number of anilines is 2. The van der Waals surface area contributed by atoms with Crippen LogP contribution in [0.2, 0.25) is 0 Å². The van der Waals surface area contributed by atoms with Crippen LogP contribution >= 0.6 is 11.3 Å². The Morgan fingerprint density at radius 2 is 1.43 bits per heavy atom. The van der Waals surface area contributed by atoms with E-state index in [2.05, 4.69) is 43.1 Å². The lowest BCUT2D eigenvalue weighted by atomic mass is 10.1. The maximum absolute atomic E-state index is 14.1. The third kappa shape index (κ3) is 2.20. The molecule has 1 aromatic heterocycles. The molecule has 1 nitrogen and oxygen atoms in total. The first kappa shape index (κ1) is 14.2. The van der Waals surface area contributed by atoms with Crippen LogP contribution in [0.1, 0.15) is 5.56 Å². The van der Waals surface area contributed by atoms with Gasteiger partial charge in [-0.05, 0) is 30.7 Å². The van der Waals surface area contributed by atoms with Crippen LogP contribution in [0.15, 0.2) is 60.7 Å². The zero-order chi connectivity index (χ0) is 16.0. The largest absolute Gasteiger partial charge is 0.343 e. The molecule has 0 bridgehead atoms. The van der Waals surface area contributed by atoms with Gasteiger partial charge in [-0.1, -0.05) is 42.5 Å². The Morgan fingerprint density at radius 3 is 2.22 bits per heavy atom. The van der Waals surface area contributed by atoms with E-state index in [0.717, 1.165) is 31.5 Å². The van der Waals surface area contributed by atoms with Crippen molar-refractivity contribution in [1.29, 1.82) is 0 Å². The van der Waals surface area contributed by atoms with Gasteiger partial charge in [0, 0.05) is 23.5 Å². The highest BCUT2D eigenvalue weighted by atomic mass is 32.1. The van der Waals surface area contributed by atoms with Crippen LogP contribution in [0.4, 0.5) is 15.8 Å². The van der Waals surface area contributed by atoms with E-state index < -0.39 is 0 Å². The second kappa shape index (κ2) is 5.36. The molecule has 3 aromatic carbocycles. The number of benzene rings is 3. The van der Waals surface area contributed by atoms with Crippen molar-refractivity contribution in [2.24, 2.45) is 0 Å². The van der Waals surface area contributed by atoms with Gasteiger partial charge < -0.3 is 4.90 Å². The first-order chi connectivity index (χ1) is 11.2. The number of rotatable bonds is 2.